The molecule has 0 aromatic rings. The molecular weight excluding hydrogens is 106 g/mol. The molecule has 0 rings (SSSR count). The average molecular weight is 115 g/mol. The van der Waals surface area contributed by atoms with Crippen LogP contribution >= 0.6 is 0 Å². The molecule has 0 spiro atoms. The standard InChI is InChI=1S/C4H9N3O/c1-3(2)6-4(8)7-5/h5H2,1-2H3,(H,7,8). The van der Waals surface area contributed by atoms with Gasteiger partial charge in [0.25, 0.3) is 0 Å². The number of aliphatic imine (C=N–C) groups is 1. The van der Waals surface area contributed by atoms with Crippen molar-refractivity contribution in [3.63, 3.8) is 0 Å². The molecule has 3 N–H and O–H groups in total. The smallest absolute Gasteiger partial charge is 0.274 e. The minimum Gasteiger partial charge on any atom is -0.274 e. The maximum absolute atomic E-state index is 10.2. The Morgan fingerprint density at radius 2 is 2.12 bits per heavy atom. The molecular formula is C4H9N3O. The Labute approximate surface area is 47.8 Å². The van der Waals surface area contributed by atoms with Crippen LogP contribution in [0, 0.1) is 0 Å². The number of urea groups is 1. The van der Waals surface area contributed by atoms with Crippen LogP contribution in [0.4, 0.5) is 4.79 Å². The fourth-order valence-electron chi connectivity index (χ4n) is 0.235. The third-order valence-corrected chi connectivity index (χ3v) is 0.449. The van der Waals surface area contributed by atoms with Crippen LogP contribution in [0.15, 0.2) is 4.99 Å². The summed E-state index contributed by atoms with van der Waals surface area (Å²) >= 11 is 0. The molecule has 0 unspecified atom stereocenters. The minimum absolute atomic E-state index is 0.509. The number of nitrogens with two attached hydrogens (primary N) is 1. The molecule has 0 aliphatic carbocycles. The van der Waals surface area contributed by atoms with Crippen molar-refractivity contribution < 1.29 is 4.79 Å². The molecule has 0 radical (unpaired) electrons. The van der Waals surface area contributed by atoms with Crippen molar-refractivity contribution in [2.24, 2.45) is 10.8 Å². The maximum Gasteiger partial charge on any atom is 0.354 e. The van der Waals surface area contributed by atoms with Crippen LogP contribution in [0.5, 0.6) is 0 Å². The lowest BCUT2D eigenvalue weighted by Crippen LogP contribution is -2.27. The third kappa shape index (κ3) is 3.30. The first-order valence-electron chi connectivity index (χ1n) is 2.19. The number of carbonyl (C=O) groups excluding carboxylic acids is 1. The van der Waals surface area contributed by atoms with E-state index in [0.717, 1.165) is 0 Å². The second-order valence-electron chi connectivity index (χ2n) is 1.51. The SMILES string of the molecule is CC(C)=NC(=O)NN. The topological polar surface area (TPSA) is 67.5 Å². The summed E-state index contributed by atoms with van der Waals surface area (Å²) in [5.74, 6) is 4.71. The first-order valence-corrected chi connectivity index (χ1v) is 2.19. The fraction of sp³-hybridized carbons (Fsp3) is 0.500. The summed E-state index contributed by atoms with van der Waals surface area (Å²) in [5, 5.41) is 0. The molecule has 0 heterocycles. The van der Waals surface area contributed by atoms with Crippen molar-refractivity contribution in [1.29, 1.82) is 0 Å². The molecule has 0 saturated carbocycles. The Hall–Kier alpha value is -0.900. The number of amides is 2. The monoisotopic (exact) mass is 115 g/mol. The van der Waals surface area contributed by atoms with Crippen molar-refractivity contribution >= 4 is 11.7 Å². The van der Waals surface area contributed by atoms with Crippen molar-refractivity contribution in [3.05, 3.63) is 0 Å². The van der Waals surface area contributed by atoms with Gasteiger partial charge in [-0.2, -0.15) is 0 Å². The molecule has 0 saturated heterocycles. The molecule has 0 aromatic carbocycles. The quantitative estimate of drug-likeness (QED) is 0.203. The molecule has 0 bridgehead atoms. The number of hydrazine groups is 1. The lowest BCUT2D eigenvalue weighted by atomic mass is 10.5. The zero-order valence-electron chi connectivity index (χ0n) is 4.93. The van der Waals surface area contributed by atoms with E-state index in [-0.39, 0.29) is 0 Å². The zero-order chi connectivity index (χ0) is 6.57. The van der Waals surface area contributed by atoms with E-state index in [4.69, 9.17) is 5.84 Å². The van der Waals surface area contributed by atoms with E-state index in [9.17, 15) is 4.79 Å². The van der Waals surface area contributed by atoms with E-state index in [2.05, 4.69) is 4.99 Å². The summed E-state index contributed by atoms with van der Waals surface area (Å²) in [6, 6.07) is -0.509. The predicted octanol–water partition coefficient (Wildman–Crippen LogP) is 0.0505. The van der Waals surface area contributed by atoms with Crippen LogP contribution in [0.25, 0.3) is 0 Å². The molecule has 0 aliphatic heterocycles. The van der Waals surface area contributed by atoms with E-state index in [1.807, 2.05) is 5.43 Å². The molecule has 46 valence electrons. The molecule has 4 heteroatoms. The maximum atomic E-state index is 10.2. The van der Waals surface area contributed by atoms with Gasteiger partial charge >= 0.3 is 6.03 Å². The first-order chi connectivity index (χ1) is 3.66. The largest absolute Gasteiger partial charge is 0.354 e. The van der Waals surface area contributed by atoms with Gasteiger partial charge in [-0.15, -0.1) is 0 Å². The molecule has 0 atom stereocenters. The summed E-state index contributed by atoms with van der Waals surface area (Å²) in [5.41, 5.74) is 2.56. The van der Waals surface area contributed by atoms with Gasteiger partial charge in [-0.1, -0.05) is 0 Å². The second-order valence-corrected chi connectivity index (χ2v) is 1.51. The van der Waals surface area contributed by atoms with Crippen LogP contribution in [-0.2, 0) is 0 Å². The van der Waals surface area contributed by atoms with Gasteiger partial charge in [-0.05, 0) is 13.8 Å². The Balaban J connectivity index is 3.70. The zero-order valence-corrected chi connectivity index (χ0v) is 4.93. The fourth-order valence-corrected chi connectivity index (χ4v) is 0.235. The van der Waals surface area contributed by atoms with Crippen LogP contribution in [0.2, 0.25) is 0 Å². The van der Waals surface area contributed by atoms with E-state index in [1.54, 1.807) is 13.8 Å². The highest BCUT2D eigenvalue weighted by Crippen LogP contribution is 1.74. The number of nitrogens with one attached hydrogen (secondary N) is 1. The van der Waals surface area contributed by atoms with Crippen LogP contribution < -0.4 is 11.3 Å². The van der Waals surface area contributed by atoms with Gasteiger partial charge in [-0.25, -0.2) is 15.6 Å². The average Bonchev–Trinajstić information content (AvgIpc) is 1.65. The Morgan fingerprint density at radius 1 is 1.62 bits per heavy atom. The molecule has 8 heavy (non-hydrogen) atoms. The second kappa shape index (κ2) is 3.15. The van der Waals surface area contributed by atoms with E-state index in [1.165, 1.54) is 0 Å². The molecule has 0 aliphatic rings. The normalized spacial score (nSPS) is 7.88. The summed E-state index contributed by atoms with van der Waals surface area (Å²) in [4.78, 5) is 13.6. The predicted molar refractivity (Wildman–Crippen MR) is 31.5 cm³/mol. The van der Waals surface area contributed by atoms with Crippen molar-refractivity contribution in [3.8, 4) is 0 Å². The molecule has 0 fully saturated rings. The Bertz CT molecular complexity index is 114. The lowest BCUT2D eigenvalue weighted by Gasteiger charge is -1.88. The van der Waals surface area contributed by atoms with Gasteiger partial charge in [0.2, 0.25) is 0 Å². The van der Waals surface area contributed by atoms with Gasteiger partial charge in [0.05, 0.1) is 0 Å². The van der Waals surface area contributed by atoms with Crippen LogP contribution in [0.3, 0.4) is 0 Å². The minimum atomic E-state index is -0.509. The van der Waals surface area contributed by atoms with Gasteiger partial charge in [0, 0.05) is 5.71 Å². The number of nitrogens with zero attached hydrogens (tertiary/aromatic N) is 1. The summed E-state index contributed by atoms with van der Waals surface area (Å²) in [6.45, 7) is 3.44. The summed E-state index contributed by atoms with van der Waals surface area (Å²) < 4.78 is 0. The summed E-state index contributed by atoms with van der Waals surface area (Å²) in [7, 11) is 0. The lowest BCUT2D eigenvalue weighted by molar-refractivity contribution is 0.249. The number of hydrogen-bond donors (Lipinski definition) is 2. The van der Waals surface area contributed by atoms with Crippen molar-refractivity contribution in [2.75, 3.05) is 0 Å². The van der Waals surface area contributed by atoms with E-state index < -0.39 is 6.03 Å². The highest BCUT2D eigenvalue weighted by molar-refractivity contribution is 5.91. The van der Waals surface area contributed by atoms with Gasteiger partial charge in [-0.3, -0.25) is 5.43 Å². The first kappa shape index (κ1) is 7.10. The van der Waals surface area contributed by atoms with Gasteiger partial charge in [0.15, 0.2) is 0 Å². The number of rotatable bonds is 0. The Morgan fingerprint density at radius 3 is 2.25 bits per heavy atom. The molecule has 4 nitrogen and oxygen atoms in total. The third-order valence-electron chi connectivity index (χ3n) is 0.449. The highest BCUT2D eigenvalue weighted by atomic mass is 16.2. The van der Waals surface area contributed by atoms with E-state index >= 15 is 0 Å². The highest BCUT2D eigenvalue weighted by Gasteiger charge is 1.88. The van der Waals surface area contributed by atoms with Crippen LogP contribution in [-0.4, -0.2) is 11.7 Å². The van der Waals surface area contributed by atoms with Gasteiger partial charge < -0.3 is 0 Å². The van der Waals surface area contributed by atoms with Crippen molar-refractivity contribution in [1.82, 2.24) is 5.43 Å². The number of carbonyl (C=O) groups is 1. The van der Waals surface area contributed by atoms with Crippen LogP contribution in [0.1, 0.15) is 13.8 Å². The van der Waals surface area contributed by atoms with E-state index in [0.29, 0.717) is 5.71 Å². The number of hydrogen-bond acceptors (Lipinski definition) is 2. The Kier molecular flexibility index (Phi) is 2.79. The summed E-state index contributed by atoms with van der Waals surface area (Å²) in [6.07, 6.45) is 0. The van der Waals surface area contributed by atoms with Crippen molar-refractivity contribution in [2.45, 2.75) is 13.8 Å². The molecule has 0 aromatic heterocycles. The van der Waals surface area contributed by atoms with Gasteiger partial charge in [0.1, 0.15) is 0 Å². The molecule has 2 amide bonds.